The van der Waals surface area contributed by atoms with Crippen LogP contribution in [0.25, 0.3) is 0 Å². The van der Waals surface area contributed by atoms with Gasteiger partial charge in [-0.2, -0.15) is 0 Å². The number of benzene rings is 2. The molecule has 0 saturated carbocycles. The van der Waals surface area contributed by atoms with E-state index in [2.05, 4.69) is 15.9 Å². The second-order valence-corrected chi connectivity index (χ2v) is 5.86. The van der Waals surface area contributed by atoms with Crippen LogP contribution in [0.2, 0.25) is 5.02 Å². The van der Waals surface area contributed by atoms with Crippen molar-refractivity contribution in [2.75, 3.05) is 0 Å². The number of hydrogen-bond acceptors (Lipinski definition) is 0. The molecule has 0 amide bonds. The van der Waals surface area contributed by atoms with E-state index in [1.165, 1.54) is 18.2 Å². The fourth-order valence-corrected chi connectivity index (χ4v) is 2.94. The van der Waals surface area contributed by atoms with Gasteiger partial charge in [0.15, 0.2) is 0 Å². The Morgan fingerprint density at radius 1 is 1.11 bits per heavy atom. The largest absolute Gasteiger partial charge is 0.207 e. The fraction of sp³-hybridized carbons (Fsp3) is 0.143. The van der Waals surface area contributed by atoms with Crippen molar-refractivity contribution < 1.29 is 8.78 Å². The molecule has 0 radical (unpaired) electrons. The van der Waals surface area contributed by atoms with Crippen molar-refractivity contribution >= 4 is 39.1 Å². The topological polar surface area (TPSA) is 0 Å². The SMILES string of the molecule is Fc1cccc(F)c1CC(Cl)c1cc(Cl)ccc1Br. The van der Waals surface area contributed by atoms with E-state index in [1.807, 2.05) is 0 Å². The summed E-state index contributed by atoms with van der Waals surface area (Å²) in [5.74, 6) is -1.19. The van der Waals surface area contributed by atoms with Gasteiger partial charge in [0, 0.05) is 15.1 Å². The molecule has 1 atom stereocenters. The lowest BCUT2D eigenvalue weighted by Crippen LogP contribution is -2.02. The summed E-state index contributed by atoms with van der Waals surface area (Å²) in [6.07, 6.45) is 0.0546. The predicted molar refractivity (Wildman–Crippen MR) is 77.8 cm³/mol. The molecule has 0 spiro atoms. The molecule has 2 aromatic carbocycles. The Balaban J connectivity index is 2.31. The first-order chi connectivity index (χ1) is 8.99. The van der Waals surface area contributed by atoms with E-state index < -0.39 is 17.0 Å². The molecule has 1 unspecified atom stereocenters. The number of alkyl halides is 1. The predicted octanol–water partition coefficient (Wildman–Crippen LogP) is 5.90. The van der Waals surface area contributed by atoms with Gasteiger partial charge in [-0.1, -0.05) is 33.6 Å². The van der Waals surface area contributed by atoms with E-state index in [9.17, 15) is 8.78 Å². The first kappa shape index (κ1) is 14.8. The van der Waals surface area contributed by atoms with Crippen LogP contribution in [0.4, 0.5) is 8.78 Å². The van der Waals surface area contributed by atoms with Gasteiger partial charge in [-0.3, -0.25) is 0 Å². The van der Waals surface area contributed by atoms with Crippen LogP contribution in [0.3, 0.4) is 0 Å². The standard InChI is InChI=1S/C14H9BrCl2F2/c15-11-5-4-8(16)6-9(11)12(17)7-10-13(18)2-1-3-14(10)19/h1-6,12H,7H2. The molecule has 0 aliphatic rings. The van der Waals surface area contributed by atoms with Crippen molar-refractivity contribution in [3.63, 3.8) is 0 Å². The van der Waals surface area contributed by atoms with Crippen LogP contribution in [0.1, 0.15) is 16.5 Å². The van der Waals surface area contributed by atoms with Crippen LogP contribution in [0.15, 0.2) is 40.9 Å². The molecule has 0 saturated heterocycles. The van der Waals surface area contributed by atoms with Crippen LogP contribution in [0, 0.1) is 11.6 Å². The first-order valence-electron chi connectivity index (χ1n) is 5.51. The van der Waals surface area contributed by atoms with Crippen molar-refractivity contribution in [1.29, 1.82) is 0 Å². The molecule has 0 nitrogen and oxygen atoms in total. The van der Waals surface area contributed by atoms with Gasteiger partial charge in [0.25, 0.3) is 0 Å². The zero-order valence-electron chi connectivity index (χ0n) is 9.64. The molecule has 2 aromatic rings. The summed E-state index contributed by atoms with van der Waals surface area (Å²) >= 11 is 15.5. The van der Waals surface area contributed by atoms with Gasteiger partial charge in [-0.05, 0) is 42.3 Å². The van der Waals surface area contributed by atoms with E-state index in [-0.39, 0.29) is 12.0 Å². The maximum absolute atomic E-state index is 13.6. The van der Waals surface area contributed by atoms with Crippen LogP contribution in [-0.2, 0) is 6.42 Å². The molecular formula is C14H9BrCl2F2. The van der Waals surface area contributed by atoms with E-state index in [1.54, 1.807) is 18.2 Å². The lowest BCUT2D eigenvalue weighted by molar-refractivity contribution is 0.553. The molecule has 0 fully saturated rings. The van der Waals surface area contributed by atoms with Gasteiger partial charge in [0.05, 0.1) is 5.38 Å². The lowest BCUT2D eigenvalue weighted by atomic mass is 10.0. The number of rotatable bonds is 3. The van der Waals surface area contributed by atoms with Crippen molar-refractivity contribution in [3.05, 3.63) is 68.7 Å². The quantitative estimate of drug-likeness (QED) is 0.593. The highest BCUT2D eigenvalue weighted by Crippen LogP contribution is 2.34. The summed E-state index contributed by atoms with van der Waals surface area (Å²) in [6.45, 7) is 0. The molecule has 0 N–H and O–H groups in total. The summed E-state index contributed by atoms with van der Waals surface area (Å²) in [7, 11) is 0. The molecule has 0 aliphatic carbocycles. The third-order valence-corrected chi connectivity index (χ3v) is 4.09. The average Bonchev–Trinajstić information content (AvgIpc) is 2.37. The van der Waals surface area contributed by atoms with E-state index >= 15 is 0 Å². The molecule has 0 aromatic heterocycles. The van der Waals surface area contributed by atoms with Crippen LogP contribution < -0.4 is 0 Å². The minimum atomic E-state index is -0.594. The minimum absolute atomic E-state index is 0.0191. The smallest absolute Gasteiger partial charge is 0.129 e. The van der Waals surface area contributed by atoms with Crippen molar-refractivity contribution in [3.8, 4) is 0 Å². The zero-order valence-corrected chi connectivity index (χ0v) is 12.7. The second-order valence-electron chi connectivity index (χ2n) is 4.04. The fourth-order valence-electron chi connectivity index (χ4n) is 1.77. The maximum Gasteiger partial charge on any atom is 0.129 e. The van der Waals surface area contributed by atoms with Crippen molar-refractivity contribution in [2.45, 2.75) is 11.8 Å². The molecule has 19 heavy (non-hydrogen) atoms. The summed E-state index contributed by atoms with van der Waals surface area (Å²) in [5.41, 5.74) is 0.686. The maximum atomic E-state index is 13.6. The van der Waals surface area contributed by atoms with E-state index in [0.717, 1.165) is 4.47 Å². The molecular weight excluding hydrogens is 357 g/mol. The van der Waals surface area contributed by atoms with Crippen LogP contribution in [-0.4, -0.2) is 0 Å². The highest BCUT2D eigenvalue weighted by molar-refractivity contribution is 9.10. The Kier molecular flexibility index (Phi) is 4.82. The van der Waals surface area contributed by atoms with Crippen molar-refractivity contribution in [2.24, 2.45) is 0 Å². The van der Waals surface area contributed by atoms with Gasteiger partial charge in [0.2, 0.25) is 0 Å². The average molecular weight is 366 g/mol. The minimum Gasteiger partial charge on any atom is -0.207 e. The number of halogens is 5. The van der Waals surface area contributed by atoms with Gasteiger partial charge in [0.1, 0.15) is 11.6 Å². The Morgan fingerprint density at radius 3 is 2.37 bits per heavy atom. The first-order valence-corrected chi connectivity index (χ1v) is 7.11. The van der Waals surface area contributed by atoms with Crippen LogP contribution >= 0.6 is 39.1 Å². The van der Waals surface area contributed by atoms with Gasteiger partial charge >= 0.3 is 0 Å². The lowest BCUT2D eigenvalue weighted by Gasteiger charge is -2.13. The molecule has 0 aliphatic heterocycles. The van der Waals surface area contributed by atoms with Gasteiger partial charge < -0.3 is 0 Å². The number of hydrogen-bond donors (Lipinski definition) is 0. The van der Waals surface area contributed by atoms with Gasteiger partial charge in [-0.15, -0.1) is 11.6 Å². The molecule has 2 rings (SSSR count). The summed E-state index contributed by atoms with van der Waals surface area (Å²) in [4.78, 5) is 0. The molecule has 100 valence electrons. The van der Waals surface area contributed by atoms with Crippen molar-refractivity contribution in [1.82, 2.24) is 0 Å². The molecule has 0 bridgehead atoms. The Bertz CT molecular complexity index is 582. The zero-order chi connectivity index (χ0) is 14.0. The van der Waals surface area contributed by atoms with Gasteiger partial charge in [-0.25, -0.2) is 8.78 Å². The molecule has 0 heterocycles. The Labute approximate surface area is 128 Å². The molecule has 5 heteroatoms. The highest BCUT2D eigenvalue weighted by atomic mass is 79.9. The van der Waals surface area contributed by atoms with E-state index in [4.69, 9.17) is 23.2 Å². The summed E-state index contributed by atoms with van der Waals surface area (Å²) < 4.78 is 27.9. The van der Waals surface area contributed by atoms with Crippen LogP contribution in [0.5, 0.6) is 0 Å². The summed E-state index contributed by atoms with van der Waals surface area (Å²) in [5, 5.41) is -0.0441. The second kappa shape index (κ2) is 6.21. The normalized spacial score (nSPS) is 12.5. The third-order valence-electron chi connectivity index (χ3n) is 2.74. The highest BCUT2D eigenvalue weighted by Gasteiger charge is 2.17. The Hall–Kier alpha value is -0.640. The van der Waals surface area contributed by atoms with E-state index in [0.29, 0.717) is 10.6 Å². The third kappa shape index (κ3) is 3.47. The summed E-state index contributed by atoms with van der Waals surface area (Å²) in [6, 6.07) is 8.91. The Morgan fingerprint density at radius 2 is 1.74 bits per heavy atom. The monoisotopic (exact) mass is 364 g/mol.